The van der Waals surface area contributed by atoms with Crippen molar-refractivity contribution in [2.75, 3.05) is 20.2 Å². The molecule has 1 aliphatic heterocycles. The summed E-state index contributed by atoms with van der Waals surface area (Å²) in [7, 11) is 2.10. The largest absolute Gasteiger partial charge is 0.377 e. The minimum atomic E-state index is -0.812. The molecule has 2 fully saturated rings. The summed E-state index contributed by atoms with van der Waals surface area (Å²) in [5, 5.41) is 0. The molecule has 5 heteroatoms. The fourth-order valence-corrected chi connectivity index (χ4v) is 3.14. The molecule has 0 aromatic rings. The second kappa shape index (κ2) is 5.55. The van der Waals surface area contributed by atoms with E-state index in [1.807, 2.05) is 0 Å². The van der Waals surface area contributed by atoms with E-state index in [0.717, 1.165) is 38.8 Å². The lowest BCUT2D eigenvalue weighted by Gasteiger charge is -2.40. The lowest BCUT2D eigenvalue weighted by molar-refractivity contribution is -0.125. The number of primary amides is 1. The van der Waals surface area contributed by atoms with Crippen LogP contribution in [-0.4, -0.2) is 48.7 Å². The number of amides is 1. The van der Waals surface area contributed by atoms with E-state index in [0.29, 0.717) is 25.0 Å². The molecule has 0 spiro atoms. The van der Waals surface area contributed by atoms with Crippen LogP contribution in [0.3, 0.4) is 0 Å². The monoisotopic (exact) mass is 255 g/mol. The zero-order chi connectivity index (χ0) is 13.2. The van der Waals surface area contributed by atoms with Crippen LogP contribution in [0.25, 0.3) is 0 Å². The standard InChI is InChI=1S/C13H25N3O2/c1-16(9-11-5-3-7-18-11)10-4-2-6-13(15,8-10)12(14)17/h10-11H,2-9,15H2,1H3,(H2,14,17). The summed E-state index contributed by atoms with van der Waals surface area (Å²) >= 11 is 0. The third-order valence-electron chi connectivity index (χ3n) is 4.39. The van der Waals surface area contributed by atoms with Crippen molar-refractivity contribution >= 4 is 5.91 Å². The maximum absolute atomic E-state index is 11.4. The fourth-order valence-electron chi connectivity index (χ4n) is 3.14. The highest BCUT2D eigenvalue weighted by molar-refractivity contribution is 5.84. The number of ether oxygens (including phenoxy) is 1. The van der Waals surface area contributed by atoms with E-state index in [9.17, 15) is 4.79 Å². The van der Waals surface area contributed by atoms with Gasteiger partial charge in [0.2, 0.25) is 5.91 Å². The smallest absolute Gasteiger partial charge is 0.237 e. The number of carbonyl (C=O) groups excluding carboxylic acids is 1. The quantitative estimate of drug-likeness (QED) is 0.753. The van der Waals surface area contributed by atoms with Gasteiger partial charge in [-0.05, 0) is 45.6 Å². The Morgan fingerprint density at radius 2 is 2.22 bits per heavy atom. The maximum atomic E-state index is 11.4. The predicted octanol–water partition coefficient (Wildman–Crippen LogP) is 0.223. The second-order valence-electron chi connectivity index (χ2n) is 5.85. The van der Waals surface area contributed by atoms with Crippen LogP contribution in [0, 0.1) is 0 Å². The van der Waals surface area contributed by atoms with Crippen molar-refractivity contribution in [3.05, 3.63) is 0 Å². The van der Waals surface area contributed by atoms with E-state index >= 15 is 0 Å². The molecule has 0 aromatic heterocycles. The summed E-state index contributed by atoms with van der Waals surface area (Å²) in [5.74, 6) is -0.363. The molecule has 0 bridgehead atoms. The minimum Gasteiger partial charge on any atom is -0.377 e. The first-order valence-corrected chi connectivity index (χ1v) is 6.92. The van der Waals surface area contributed by atoms with Gasteiger partial charge in [0.05, 0.1) is 11.6 Å². The van der Waals surface area contributed by atoms with Crippen molar-refractivity contribution in [2.45, 2.75) is 56.2 Å². The van der Waals surface area contributed by atoms with Gasteiger partial charge in [0, 0.05) is 19.2 Å². The van der Waals surface area contributed by atoms with Gasteiger partial charge in [-0.3, -0.25) is 4.79 Å². The molecule has 2 aliphatic rings. The van der Waals surface area contributed by atoms with Crippen LogP contribution in [0.2, 0.25) is 0 Å². The molecule has 0 aromatic carbocycles. The van der Waals surface area contributed by atoms with E-state index in [4.69, 9.17) is 16.2 Å². The maximum Gasteiger partial charge on any atom is 0.237 e. The van der Waals surface area contributed by atoms with Crippen LogP contribution < -0.4 is 11.5 Å². The summed E-state index contributed by atoms with van der Waals surface area (Å²) in [4.78, 5) is 13.7. The molecule has 3 atom stereocenters. The highest BCUT2D eigenvalue weighted by Gasteiger charge is 2.39. The average Bonchev–Trinajstić information content (AvgIpc) is 2.81. The molecule has 0 radical (unpaired) electrons. The number of hydrogen-bond donors (Lipinski definition) is 2. The molecule has 5 nitrogen and oxygen atoms in total. The Morgan fingerprint density at radius 1 is 1.44 bits per heavy atom. The van der Waals surface area contributed by atoms with Gasteiger partial charge in [0.1, 0.15) is 0 Å². The molecule has 1 amide bonds. The first-order chi connectivity index (χ1) is 8.51. The van der Waals surface area contributed by atoms with Gasteiger partial charge >= 0.3 is 0 Å². The molecule has 4 N–H and O–H groups in total. The Labute approximate surface area is 109 Å². The summed E-state index contributed by atoms with van der Waals surface area (Å²) in [6, 6.07) is 0.348. The molecular weight excluding hydrogens is 230 g/mol. The molecule has 1 aliphatic carbocycles. The Bertz CT molecular complexity index is 305. The number of hydrogen-bond acceptors (Lipinski definition) is 4. The van der Waals surface area contributed by atoms with Crippen molar-refractivity contribution < 1.29 is 9.53 Å². The third kappa shape index (κ3) is 3.02. The molecular formula is C13H25N3O2. The molecule has 1 heterocycles. The van der Waals surface area contributed by atoms with Crippen molar-refractivity contribution in [1.82, 2.24) is 4.90 Å². The van der Waals surface area contributed by atoms with Crippen molar-refractivity contribution in [3.63, 3.8) is 0 Å². The van der Waals surface area contributed by atoms with Gasteiger partial charge in [-0.25, -0.2) is 0 Å². The van der Waals surface area contributed by atoms with E-state index in [2.05, 4.69) is 11.9 Å². The van der Waals surface area contributed by atoms with E-state index < -0.39 is 5.54 Å². The molecule has 1 saturated heterocycles. The first kappa shape index (κ1) is 13.8. The lowest BCUT2D eigenvalue weighted by atomic mass is 9.78. The fraction of sp³-hybridized carbons (Fsp3) is 0.923. The topological polar surface area (TPSA) is 81.6 Å². The molecule has 104 valence electrons. The van der Waals surface area contributed by atoms with Crippen LogP contribution in [0.4, 0.5) is 0 Å². The number of rotatable bonds is 4. The zero-order valence-corrected chi connectivity index (χ0v) is 11.2. The van der Waals surface area contributed by atoms with Crippen molar-refractivity contribution in [2.24, 2.45) is 11.5 Å². The Hall–Kier alpha value is -0.650. The van der Waals surface area contributed by atoms with Crippen LogP contribution in [-0.2, 0) is 9.53 Å². The van der Waals surface area contributed by atoms with Gasteiger partial charge in [-0.1, -0.05) is 0 Å². The van der Waals surface area contributed by atoms with E-state index in [-0.39, 0.29) is 5.91 Å². The second-order valence-corrected chi connectivity index (χ2v) is 5.85. The van der Waals surface area contributed by atoms with Gasteiger partial charge < -0.3 is 21.1 Å². The highest BCUT2D eigenvalue weighted by Crippen LogP contribution is 2.29. The Balaban J connectivity index is 1.89. The van der Waals surface area contributed by atoms with Gasteiger partial charge in [-0.15, -0.1) is 0 Å². The van der Waals surface area contributed by atoms with Crippen LogP contribution in [0.1, 0.15) is 38.5 Å². The summed E-state index contributed by atoms with van der Waals surface area (Å²) < 4.78 is 5.65. The van der Waals surface area contributed by atoms with Crippen LogP contribution in [0.15, 0.2) is 0 Å². The van der Waals surface area contributed by atoms with Crippen molar-refractivity contribution in [1.29, 1.82) is 0 Å². The van der Waals surface area contributed by atoms with Gasteiger partial charge in [-0.2, -0.15) is 0 Å². The highest BCUT2D eigenvalue weighted by atomic mass is 16.5. The van der Waals surface area contributed by atoms with E-state index in [1.165, 1.54) is 0 Å². The first-order valence-electron chi connectivity index (χ1n) is 6.92. The normalized spacial score (nSPS) is 37.1. The SMILES string of the molecule is CN(CC1CCCO1)C1CCCC(N)(C(N)=O)C1. The molecule has 2 rings (SSSR count). The number of likely N-dealkylation sites (N-methyl/N-ethyl adjacent to an activating group) is 1. The Morgan fingerprint density at radius 3 is 2.83 bits per heavy atom. The van der Waals surface area contributed by atoms with Gasteiger partial charge in [0.15, 0.2) is 0 Å². The summed E-state index contributed by atoms with van der Waals surface area (Å²) in [6.45, 7) is 1.81. The minimum absolute atomic E-state index is 0.345. The Kier molecular flexibility index (Phi) is 4.25. The van der Waals surface area contributed by atoms with E-state index in [1.54, 1.807) is 0 Å². The number of nitrogens with zero attached hydrogens (tertiary/aromatic N) is 1. The molecule has 1 saturated carbocycles. The number of nitrogens with two attached hydrogens (primary N) is 2. The summed E-state index contributed by atoms with van der Waals surface area (Å²) in [6.07, 6.45) is 6.09. The van der Waals surface area contributed by atoms with Gasteiger partial charge in [0.25, 0.3) is 0 Å². The summed E-state index contributed by atoms with van der Waals surface area (Å²) in [5.41, 5.74) is 10.7. The number of carbonyl (C=O) groups is 1. The molecule has 3 unspecified atom stereocenters. The molecule has 18 heavy (non-hydrogen) atoms. The zero-order valence-electron chi connectivity index (χ0n) is 11.2. The van der Waals surface area contributed by atoms with Crippen LogP contribution in [0.5, 0.6) is 0 Å². The average molecular weight is 255 g/mol. The third-order valence-corrected chi connectivity index (χ3v) is 4.39. The van der Waals surface area contributed by atoms with Crippen LogP contribution >= 0.6 is 0 Å². The lowest BCUT2D eigenvalue weighted by Crippen LogP contribution is -2.58. The predicted molar refractivity (Wildman–Crippen MR) is 70.0 cm³/mol. The van der Waals surface area contributed by atoms with Crippen molar-refractivity contribution in [3.8, 4) is 0 Å².